The van der Waals surface area contributed by atoms with Crippen molar-refractivity contribution in [1.82, 2.24) is 15.2 Å². The SMILES string of the molecule is O=C(Cc1cccs1)N[C@@H]1C(=O)N2C(C(=O)O)=C(c3ccncc3)CS[C@@H]12. The van der Waals surface area contributed by atoms with Crippen LogP contribution in [0.25, 0.3) is 5.57 Å². The van der Waals surface area contributed by atoms with Crippen LogP contribution in [-0.2, 0) is 20.8 Å². The first-order valence-electron chi connectivity index (χ1n) is 8.19. The van der Waals surface area contributed by atoms with Crippen LogP contribution in [0.15, 0.2) is 47.7 Å². The molecule has 2 N–H and O–H groups in total. The summed E-state index contributed by atoms with van der Waals surface area (Å²) >= 11 is 2.93. The van der Waals surface area contributed by atoms with Crippen molar-refractivity contribution < 1.29 is 19.5 Å². The van der Waals surface area contributed by atoms with Crippen LogP contribution < -0.4 is 5.32 Å². The highest BCUT2D eigenvalue weighted by atomic mass is 32.2. The molecule has 138 valence electrons. The highest BCUT2D eigenvalue weighted by Gasteiger charge is 2.54. The number of thioether (sulfide) groups is 1. The fourth-order valence-electron chi connectivity index (χ4n) is 3.19. The molecule has 0 unspecified atom stereocenters. The molecule has 0 saturated carbocycles. The zero-order valence-corrected chi connectivity index (χ0v) is 15.6. The van der Waals surface area contributed by atoms with Crippen LogP contribution in [0, 0.1) is 0 Å². The first kappa shape index (κ1) is 17.7. The molecule has 0 radical (unpaired) electrons. The van der Waals surface area contributed by atoms with Gasteiger partial charge >= 0.3 is 5.97 Å². The lowest BCUT2D eigenvalue weighted by atomic mass is 9.99. The molecule has 0 aromatic carbocycles. The Morgan fingerprint density at radius 1 is 1.30 bits per heavy atom. The molecule has 4 rings (SSSR count). The number of carbonyl (C=O) groups excluding carboxylic acids is 2. The molecule has 2 aliphatic heterocycles. The quantitative estimate of drug-likeness (QED) is 0.738. The number of β-lactam (4-membered cyclic amide) rings is 1. The third-order valence-electron chi connectivity index (χ3n) is 4.43. The second-order valence-electron chi connectivity index (χ2n) is 6.08. The van der Waals surface area contributed by atoms with E-state index in [1.54, 1.807) is 24.5 Å². The highest BCUT2D eigenvalue weighted by molar-refractivity contribution is 8.00. The van der Waals surface area contributed by atoms with Crippen molar-refractivity contribution in [3.05, 3.63) is 58.2 Å². The maximum absolute atomic E-state index is 12.6. The van der Waals surface area contributed by atoms with E-state index in [-0.39, 0.29) is 18.0 Å². The molecule has 1 saturated heterocycles. The summed E-state index contributed by atoms with van der Waals surface area (Å²) in [5.74, 6) is -1.34. The van der Waals surface area contributed by atoms with E-state index in [4.69, 9.17) is 0 Å². The molecule has 2 amide bonds. The van der Waals surface area contributed by atoms with Gasteiger partial charge < -0.3 is 10.4 Å². The Morgan fingerprint density at radius 2 is 2.07 bits per heavy atom. The molecule has 7 nitrogen and oxygen atoms in total. The number of aromatic nitrogens is 1. The first-order chi connectivity index (χ1) is 13.1. The Bertz CT molecular complexity index is 927. The molecule has 9 heteroatoms. The summed E-state index contributed by atoms with van der Waals surface area (Å²) in [5, 5.41) is 13.9. The molecule has 2 aliphatic rings. The number of aliphatic carboxylic acids is 1. The van der Waals surface area contributed by atoms with Crippen molar-refractivity contribution in [2.24, 2.45) is 0 Å². The Kier molecular flexibility index (Phi) is 4.71. The zero-order valence-electron chi connectivity index (χ0n) is 14.0. The molecular formula is C18H15N3O4S2. The van der Waals surface area contributed by atoms with Crippen molar-refractivity contribution in [3.63, 3.8) is 0 Å². The summed E-state index contributed by atoms with van der Waals surface area (Å²) in [6.45, 7) is 0. The Labute approximate surface area is 163 Å². The van der Waals surface area contributed by atoms with Gasteiger partial charge in [-0.25, -0.2) is 4.79 Å². The second kappa shape index (κ2) is 7.16. The monoisotopic (exact) mass is 401 g/mol. The van der Waals surface area contributed by atoms with E-state index in [2.05, 4.69) is 10.3 Å². The average molecular weight is 401 g/mol. The molecular weight excluding hydrogens is 386 g/mol. The molecule has 2 aromatic heterocycles. The average Bonchev–Trinajstić information content (AvgIpc) is 3.18. The van der Waals surface area contributed by atoms with Crippen LogP contribution in [0.5, 0.6) is 0 Å². The topological polar surface area (TPSA) is 99.6 Å². The number of rotatable bonds is 5. The molecule has 2 aromatic rings. The van der Waals surface area contributed by atoms with E-state index in [1.807, 2.05) is 17.5 Å². The first-order valence-corrected chi connectivity index (χ1v) is 10.1. The lowest BCUT2D eigenvalue weighted by Gasteiger charge is -2.49. The number of fused-ring (bicyclic) bond motifs is 1. The van der Waals surface area contributed by atoms with Crippen LogP contribution in [0.4, 0.5) is 0 Å². The molecule has 2 atom stereocenters. The summed E-state index contributed by atoms with van der Waals surface area (Å²) in [7, 11) is 0. The fraction of sp³-hybridized carbons (Fsp3) is 0.222. The van der Waals surface area contributed by atoms with E-state index in [1.165, 1.54) is 28.0 Å². The number of thiophene rings is 1. The van der Waals surface area contributed by atoms with E-state index < -0.39 is 23.3 Å². The maximum atomic E-state index is 12.6. The normalized spacial score (nSPS) is 21.5. The molecule has 0 bridgehead atoms. The lowest BCUT2D eigenvalue weighted by molar-refractivity contribution is -0.150. The smallest absolute Gasteiger partial charge is 0.352 e. The van der Waals surface area contributed by atoms with Gasteiger partial charge in [-0.1, -0.05) is 6.07 Å². The van der Waals surface area contributed by atoms with Gasteiger partial charge in [0.15, 0.2) is 0 Å². The largest absolute Gasteiger partial charge is 0.477 e. The van der Waals surface area contributed by atoms with E-state index >= 15 is 0 Å². The summed E-state index contributed by atoms with van der Waals surface area (Å²) in [6, 6.07) is 6.48. The van der Waals surface area contributed by atoms with Gasteiger partial charge in [-0.15, -0.1) is 23.1 Å². The molecule has 4 heterocycles. The van der Waals surface area contributed by atoms with E-state index in [0.717, 1.165) is 10.4 Å². The zero-order chi connectivity index (χ0) is 19.0. The number of carboxylic acid groups (broad SMARTS) is 1. The minimum atomic E-state index is -1.15. The third kappa shape index (κ3) is 3.24. The molecule has 1 fully saturated rings. The number of carbonyl (C=O) groups is 3. The van der Waals surface area contributed by atoms with Crippen LogP contribution in [0.2, 0.25) is 0 Å². The summed E-state index contributed by atoms with van der Waals surface area (Å²) in [5.41, 5.74) is 1.30. The summed E-state index contributed by atoms with van der Waals surface area (Å²) in [4.78, 5) is 42.8. The second-order valence-corrected chi connectivity index (χ2v) is 8.22. The number of hydrogen-bond donors (Lipinski definition) is 2. The van der Waals surface area contributed by atoms with Gasteiger partial charge in [-0.2, -0.15) is 0 Å². The predicted molar refractivity (Wildman–Crippen MR) is 102 cm³/mol. The van der Waals surface area contributed by atoms with Gasteiger partial charge in [0.05, 0.1) is 6.42 Å². The number of nitrogens with one attached hydrogen (secondary N) is 1. The minimum absolute atomic E-state index is 0.0151. The van der Waals surface area contributed by atoms with Crippen molar-refractivity contribution in [1.29, 1.82) is 0 Å². The van der Waals surface area contributed by atoms with Crippen LogP contribution in [-0.4, -0.2) is 49.9 Å². The molecule has 0 spiro atoms. The van der Waals surface area contributed by atoms with Gasteiger partial charge in [0.25, 0.3) is 5.91 Å². The standard InChI is InChI=1S/C18H15N3O4S2/c22-13(8-11-2-1-7-26-11)20-14-16(23)21-15(18(24)25)12(9-27-17(14)21)10-3-5-19-6-4-10/h1-7,14,17H,8-9H2,(H,20,22)(H,24,25)/t14-,17+/m1/s1. The predicted octanol–water partition coefficient (Wildman–Crippen LogP) is 1.58. The summed E-state index contributed by atoms with van der Waals surface area (Å²) < 4.78 is 0. The number of carboxylic acids is 1. The Hall–Kier alpha value is -2.65. The number of amides is 2. The van der Waals surface area contributed by atoms with Crippen LogP contribution in [0.3, 0.4) is 0 Å². The molecule has 0 aliphatic carbocycles. The van der Waals surface area contributed by atoms with Crippen molar-refractivity contribution >= 4 is 46.5 Å². The van der Waals surface area contributed by atoms with Crippen molar-refractivity contribution in [2.45, 2.75) is 17.8 Å². The summed E-state index contributed by atoms with van der Waals surface area (Å²) in [6.07, 6.45) is 3.39. The maximum Gasteiger partial charge on any atom is 0.352 e. The number of hydrogen-bond acceptors (Lipinski definition) is 6. The van der Waals surface area contributed by atoms with Crippen LogP contribution >= 0.6 is 23.1 Å². The molecule has 27 heavy (non-hydrogen) atoms. The highest BCUT2D eigenvalue weighted by Crippen LogP contribution is 2.43. The van der Waals surface area contributed by atoms with Crippen molar-refractivity contribution in [3.8, 4) is 0 Å². The van der Waals surface area contributed by atoms with Gasteiger partial charge in [-0.05, 0) is 29.1 Å². The minimum Gasteiger partial charge on any atom is -0.477 e. The number of nitrogens with zero attached hydrogens (tertiary/aromatic N) is 2. The Balaban J connectivity index is 1.54. The van der Waals surface area contributed by atoms with Gasteiger partial charge in [0.1, 0.15) is 17.1 Å². The van der Waals surface area contributed by atoms with Gasteiger partial charge in [0, 0.05) is 28.6 Å². The Morgan fingerprint density at radius 3 is 2.74 bits per heavy atom. The van der Waals surface area contributed by atoms with Crippen molar-refractivity contribution in [2.75, 3.05) is 5.75 Å². The van der Waals surface area contributed by atoms with E-state index in [9.17, 15) is 19.5 Å². The van der Waals surface area contributed by atoms with Gasteiger partial charge in [0.2, 0.25) is 5.91 Å². The van der Waals surface area contributed by atoms with E-state index in [0.29, 0.717) is 11.3 Å². The fourth-order valence-corrected chi connectivity index (χ4v) is 5.27. The van der Waals surface area contributed by atoms with Crippen LogP contribution in [0.1, 0.15) is 10.4 Å². The lowest BCUT2D eigenvalue weighted by Crippen LogP contribution is -2.70. The number of pyridine rings is 1. The van der Waals surface area contributed by atoms with Gasteiger partial charge in [-0.3, -0.25) is 19.5 Å². The third-order valence-corrected chi connectivity index (χ3v) is 6.59.